The van der Waals surface area contributed by atoms with Crippen molar-refractivity contribution in [3.8, 4) is 11.8 Å². The first kappa shape index (κ1) is 47.6. The van der Waals surface area contributed by atoms with Crippen molar-refractivity contribution in [1.82, 2.24) is 31.5 Å². The zero-order valence-corrected chi connectivity index (χ0v) is 37.2. The maximum absolute atomic E-state index is 13.8. The number of fused-ring (bicyclic) bond motifs is 2. The molecule has 2 aromatic rings. The van der Waals surface area contributed by atoms with Crippen LogP contribution in [0.5, 0.6) is 0 Å². The molecule has 3 aliphatic heterocycles. The maximum atomic E-state index is 13.8. The van der Waals surface area contributed by atoms with E-state index in [4.69, 9.17) is 0 Å². The second-order valence-corrected chi connectivity index (χ2v) is 19.4. The van der Waals surface area contributed by atoms with Crippen LogP contribution in [0, 0.1) is 22.7 Å². The Morgan fingerprint density at radius 1 is 0.903 bits per heavy atom. The Balaban J connectivity index is 1.14. The molecule has 62 heavy (non-hydrogen) atoms. The highest BCUT2D eigenvalue weighted by Gasteiger charge is 2.44. The number of hydrogen-bond acceptors (Lipinski definition) is 8. The van der Waals surface area contributed by atoms with E-state index in [2.05, 4.69) is 38.4 Å². The number of nitrogens with one attached hydrogen (secondary N) is 5. The predicted octanol–water partition coefficient (Wildman–Crippen LogP) is 3.38. The van der Waals surface area contributed by atoms with Gasteiger partial charge in [0, 0.05) is 74.1 Å². The molecule has 0 aliphatic carbocycles. The minimum Gasteiger partial charge on any atom is -0.356 e. The van der Waals surface area contributed by atoms with Crippen LogP contribution in [-0.2, 0) is 40.6 Å². The van der Waals surface area contributed by atoms with E-state index in [0.29, 0.717) is 56.4 Å². The molecule has 0 saturated carbocycles. The summed E-state index contributed by atoms with van der Waals surface area (Å²) < 4.78 is 35.1. The highest BCUT2D eigenvalue weighted by molar-refractivity contribution is 7.87. The number of para-hydroxylation sites is 1. The zero-order valence-electron chi connectivity index (χ0n) is 36.3. The van der Waals surface area contributed by atoms with Crippen molar-refractivity contribution in [2.75, 3.05) is 31.1 Å². The molecule has 0 aromatic heterocycles. The third-order valence-electron chi connectivity index (χ3n) is 12.2. The Labute approximate surface area is 364 Å². The summed E-state index contributed by atoms with van der Waals surface area (Å²) in [6.45, 7) is 9.36. The fourth-order valence-electron chi connectivity index (χ4n) is 8.28. The van der Waals surface area contributed by atoms with Gasteiger partial charge in [0.25, 0.3) is 10.1 Å². The molecular formula is C45H61N7O9S. The zero-order chi connectivity index (χ0) is 45.2. The topological polar surface area (TPSA) is 223 Å². The van der Waals surface area contributed by atoms with Gasteiger partial charge in [-0.25, -0.2) is 4.79 Å². The van der Waals surface area contributed by atoms with Gasteiger partial charge in [0.05, 0.1) is 18.3 Å². The molecule has 17 heteroatoms. The molecule has 2 saturated heterocycles. The Morgan fingerprint density at radius 3 is 2.27 bits per heavy atom. The second kappa shape index (κ2) is 20.6. The Bertz CT molecular complexity index is 2180. The lowest BCUT2D eigenvalue weighted by Crippen LogP contribution is -2.53. The highest BCUT2D eigenvalue weighted by atomic mass is 32.2. The summed E-state index contributed by atoms with van der Waals surface area (Å²) in [6, 6.07) is 14.2. The number of anilines is 1. The summed E-state index contributed by atoms with van der Waals surface area (Å²) in [6.07, 6.45) is 4.10. The predicted molar refractivity (Wildman–Crippen MR) is 234 cm³/mol. The van der Waals surface area contributed by atoms with Crippen LogP contribution in [0.2, 0.25) is 0 Å². The Hall–Kier alpha value is -5.47. The first-order valence-electron chi connectivity index (χ1n) is 21.4. The summed E-state index contributed by atoms with van der Waals surface area (Å²) in [5, 5.41) is 11.6. The standard InChI is InChI=1S/C45H61N7O9S/c1-30-34(50-43(58)49-30)16-9-11-18-38(53)46-25-23-44(2,3)37(51-26-12-19-39(51)54)27-45(4,5)42(57)48-28-36(62(59,60)61)41(56)47-24-22-40(55)52-29-33-15-7-6-13-31(33)20-21-32-14-8-10-17-35(32)52/h6-8,10,13-15,17,30,34,36-37H,9,11-12,16,18-19,22-29H2,1-5H3,(H,46,53)(H,47,56)(H,48,57)(H2,49,50,58)(H,59,60,61). The number of carbonyl (C=O) groups is 6. The Kier molecular flexibility index (Phi) is 15.8. The van der Waals surface area contributed by atoms with Gasteiger partial charge in [-0.15, -0.1) is 0 Å². The molecule has 336 valence electrons. The van der Waals surface area contributed by atoms with Crippen molar-refractivity contribution in [3.63, 3.8) is 0 Å². The number of rotatable bonds is 20. The Morgan fingerprint density at radius 2 is 1.60 bits per heavy atom. The van der Waals surface area contributed by atoms with Gasteiger partial charge in [-0.3, -0.25) is 28.5 Å². The molecule has 3 aliphatic rings. The van der Waals surface area contributed by atoms with Crippen LogP contribution in [0.1, 0.15) is 109 Å². The number of amides is 7. The summed E-state index contributed by atoms with van der Waals surface area (Å²) >= 11 is 0. The average molecular weight is 876 g/mol. The number of urea groups is 1. The minimum atomic E-state index is -5.00. The molecule has 16 nitrogen and oxygen atoms in total. The molecule has 2 aromatic carbocycles. The summed E-state index contributed by atoms with van der Waals surface area (Å²) in [4.78, 5) is 81.3. The lowest BCUT2D eigenvalue weighted by Gasteiger charge is -2.44. The smallest absolute Gasteiger partial charge is 0.315 e. The van der Waals surface area contributed by atoms with Gasteiger partial charge in [0.2, 0.25) is 29.5 Å². The van der Waals surface area contributed by atoms with Crippen LogP contribution in [0.25, 0.3) is 0 Å². The van der Waals surface area contributed by atoms with Gasteiger partial charge in [0.1, 0.15) is 0 Å². The van der Waals surface area contributed by atoms with Gasteiger partial charge in [-0.1, -0.05) is 76.3 Å². The molecule has 6 N–H and O–H groups in total. The molecule has 0 bridgehead atoms. The van der Waals surface area contributed by atoms with E-state index in [1.165, 1.54) is 0 Å². The van der Waals surface area contributed by atoms with Gasteiger partial charge in [0.15, 0.2) is 5.25 Å². The van der Waals surface area contributed by atoms with Crippen LogP contribution in [0.15, 0.2) is 48.5 Å². The van der Waals surface area contributed by atoms with Crippen molar-refractivity contribution in [3.05, 3.63) is 65.2 Å². The lowest BCUT2D eigenvalue weighted by atomic mass is 9.72. The summed E-state index contributed by atoms with van der Waals surface area (Å²) in [7, 11) is -5.00. The van der Waals surface area contributed by atoms with Crippen molar-refractivity contribution >= 4 is 51.4 Å². The fourth-order valence-corrected chi connectivity index (χ4v) is 8.93. The molecule has 0 radical (unpaired) electrons. The fraction of sp³-hybridized carbons (Fsp3) is 0.556. The molecule has 7 amide bonds. The van der Waals surface area contributed by atoms with E-state index in [0.717, 1.165) is 24.0 Å². The van der Waals surface area contributed by atoms with Crippen LogP contribution in [0.3, 0.4) is 0 Å². The largest absolute Gasteiger partial charge is 0.356 e. The monoisotopic (exact) mass is 875 g/mol. The molecule has 3 heterocycles. The van der Waals surface area contributed by atoms with Gasteiger partial charge in [-0.2, -0.15) is 8.42 Å². The van der Waals surface area contributed by atoms with Crippen molar-refractivity contribution in [2.45, 2.75) is 122 Å². The number of benzene rings is 2. The van der Waals surface area contributed by atoms with Crippen LogP contribution >= 0.6 is 0 Å². The number of carbonyl (C=O) groups excluding carboxylic acids is 6. The minimum absolute atomic E-state index is 0.0377. The van der Waals surface area contributed by atoms with Crippen molar-refractivity contribution < 1.29 is 41.7 Å². The number of unbranched alkanes of at least 4 members (excludes halogenated alkanes) is 1. The number of likely N-dealkylation sites (tertiary alicyclic amines) is 1. The maximum Gasteiger partial charge on any atom is 0.315 e. The van der Waals surface area contributed by atoms with E-state index < -0.39 is 50.6 Å². The number of hydrogen-bond donors (Lipinski definition) is 6. The van der Waals surface area contributed by atoms with Crippen molar-refractivity contribution in [2.24, 2.45) is 10.8 Å². The van der Waals surface area contributed by atoms with Gasteiger partial charge in [-0.05, 0) is 68.2 Å². The third-order valence-corrected chi connectivity index (χ3v) is 13.3. The molecular weight excluding hydrogens is 815 g/mol. The molecule has 0 spiro atoms. The van der Waals surface area contributed by atoms with E-state index in [-0.39, 0.29) is 61.8 Å². The van der Waals surface area contributed by atoms with Gasteiger partial charge >= 0.3 is 6.03 Å². The van der Waals surface area contributed by atoms with E-state index in [9.17, 15) is 41.7 Å². The van der Waals surface area contributed by atoms with E-state index in [1.807, 2.05) is 57.2 Å². The van der Waals surface area contributed by atoms with Gasteiger partial charge < -0.3 is 36.4 Å². The second-order valence-electron chi connectivity index (χ2n) is 17.8. The molecule has 4 atom stereocenters. The van der Waals surface area contributed by atoms with Crippen LogP contribution in [-0.4, -0.2) is 103 Å². The third kappa shape index (κ3) is 12.6. The summed E-state index contributed by atoms with van der Waals surface area (Å²) in [5.41, 5.74) is 1.14. The number of nitrogens with zero attached hydrogens (tertiary/aromatic N) is 2. The van der Waals surface area contributed by atoms with E-state index in [1.54, 1.807) is 35.8 Å². The first-order valence-corrected chi connectivity index (χ1v) is 22.9. The summed E-state index contributed by atoms with van der Waals surface area (Å²) in [5.74, 6) is 4.13. The lowest BCUT2D eigenvalue weighted by molar-refractivity contribution is -0.137. The molecule has 4 unspecified atom stereocenters. The van der Waals surface area contributed by atoms with Crippen LogP contribution in [0.4, 0.5) is 10.5 Å². The van der Waals surface area contributed by atoms with Crippen LogP contribution < -0.4 is 31.5 Å². The highest BCUT2D eigenvalue weighted by Crippen LogP contribution is 2.39. The SMILES string of the molecule is CC1NC(=O)NC1CCCCC(=O)NCCC(C)(C)C(CC(C)(C)C(=O)NCC(C(=O)NCCC(=O)N1Cc2ccccc2C#Cc2ccccc21)S(=O)(=O)O)N1CCCC1=O. The van der Waals surface area contributed by atoms with Crippen molar-refractivity contribution in [1.29, 1.82) is 0 Å². The quantitative estimate of drug-likeness (QED) is 0.0651. The molecule has 2 fully saturated rings. The van der Waals surface area contributed by atoms with E-state index >= 15 is 0 Å². The molecule has 5 rings (SSSR count). The first-order chi connectivity index (χ1) is 29.3. The average Bonchev–Trinajstić information content (AvgIpc) is 3.77. The normalized spacial score (nSPS) is 18.4.